The molecular formula is C17H23NOS. The Kier molecular flexibility index (Phi) is 5.74. The summed E-state index contributed by atoms with van der Waals surface area (Å²) in [4.78, 5) is 0. The van der Waals surface area contributed by atoms with Crippen LogP contribution in [0.1, 0.15) is 13.8 Å². The topological polar surface area (TPSA) is 21.3 Å². The third kappa shape index (κ3) is 4.15. The Hall–Kier alpha value is -1.19. The minimum absolute atomic E-state index is 0.469. The van der Waals surface area contributed by atoms with E-state index >= 15 is 0 Å². The van der Waals surface area contributed by atoms with Gasteiger partial charge in [-0.3, -0.25) is 0 Å². The number of hydrogen-bond donors (Lipinski definition) is 1. The third-order valence-corrected chi connectivity index (χ3v) is 4.23. The highest BCUT2D eigenvalue weighted by molar-refractivity contribution is 7.99. The molecule has 1 unspecified atom stereocenters. The first-order valence-corrected chi connectivity index (χ1v) is 8.36. The van der Waals surface area contributed by atoms with E-state index in [1.807, 2.05) is 11.8 Å². The van der Waals surface area contributed by atoms with E-state index in [0.717, 1.165) is 18.9 Å². The highest BCUT2D eigenvalue weighted by Gasteiger charge is 2.09. The molecule has 1 N–H and O–H groups in total. The van der Waals surface area contributed by atoms with Crippen molar-refractivity contribution in [3.05, 3.63) is 42.5 Å². The van der Waals surface area contributed by atoms with Gasteiger partial charge in [0.05, 0.1) is 5.25 Å². The summed E-state index contributed by atoms with van der Waals surface area (Å²) in [7, 11) is 0. The van der Waals surface area contributed by atoms with Crippen molar-refractivity contribution in [3.8, 4) is 5.75 Å². The SMILES string of the molecule is CSC(CNC(C)C)COc1cccc2ccccc12. The van der Waals surface area contributed by atoms with Crippen LogP contribution in [-0.4, -0.2) is 30.7 Å². The van der Waals surface area contributed by atoms with E-state index in [-0.39, 0.29) is 0 Å². The Labute approximate surface area is 125 Å². The molecule has 0 saturated heterocycles. The summed E-state index contributed by atoms with van der Waals surface area (Å²) in [5, 5.41) is 6.35. The van der Waals surface area contributed by atoms with Crippen LogP contribution in [0.15, 0.2) is 42.5 Å². The van der Waals surface area contributed by atoms with Gasteiger partial charge in [0.2, 0.25) is 0 Å². The van der Waals surface area contributed by atoms with Crippen molar-refractivity contribution in [2.75, 3.05) is 19.4 Å². The van der Waals surface area contributed by atoms with Crippen molar-refractivity contribution >= 4 is 22.5 Å². The summed E-state index contributed by atoms with van der Waals surface area (Å²) in [5.41, 5.74) is 0. The molecule has 0 amide bonds. The zero-order chi connectivity index (χ0) is 14.4. The van der Waals surface area contributed by atoms with Crippen LogP contribution in [0.4, 0.5) is 0 Å². The highest BCUT2D eigenvalue weighted by Crippen LogP contribution is 2.25. The molecule has 108 valence electrons. The van der Waals surface area contributed by atoms with Crippen LogP contribution in [0.25, 0.3) is 10.8 Å². The maximum absolute atomic E-state index is 6.04. The zero-order valence-electron chi connectivity index (χ0n) is 12.4. The molecule has 0 aliphatic carbocycles. The Morgan fingerprint density at radius 1 is 1.10 bits per heavy atom. The molecule has 0 heterocycles. The van der Waals surface area contributed by atoms with Crippen molar-refractivity contribution in [1.29, 1.82) is 0 Å². The number of rotatable bonds is 7. The van der Waals surface area contributed by atoms with E-state index in [0.29, 0.717) is 11.3 Å². The monoisotopic (exact) mass is 289 g/mol. The molecule has 0 bridgehead atoms. The molecule has 20 heavy (non-hydrogen) atoms. The summed E-state index contributed by atoms with van der Waals surface area (Å²) >= 11 is 1.85. The Balaban J connectivity index is 2.01. The third-order valence-electron chi connectivity index (χ3n) is 3.26. The predicted octanol–water partition coefficient (Wildman–Crippen LogP) is 3.95. The summed E-state index contributed by atoms with van der Waals surface area (Å²) < 4.78 is 6.04. The van der Waals surface area contributed by atoms with E-state index < -0.39 is 0 Å². The number of nitrogens with one attached hydrogen (secondary N) is 1. The second-order valence-electron chi connectivity index (χ2n) is 5.21. The second kappa shape index (κ2) is 7.55. The first-order valence-electron chi connectivity index (χ1n) is 7.07. The normalized spacial score (nSPS) is 12.8. The molecule has 0 aliphatic heterocycles. The quantitative estimate of drug-likeness (QED) is 0.834. The van der Waals surface area contributed by atoms with E-state index in [4.69, 9.17) is 4.74 Å². The van der Waals surface area contributed by atoms with Gasteiger partial charge in [-0.15, -0.1) is 0 Å². The summed E-state index contributed by atoms with van der Waals surface area (Å²) in [6.45, 7) is 6.05. The average Bonchev–Trinajstić information content (AvgIpc) is 2.47. The van der Waals surface area contributed by atoms with Crippen LogP contribution >= 0.6 is 11.8 Å². The first-order chi connectivity index (χ1) is 9.70. The van der Waals surface area contributed by atoms with Crippen molar-refractivity contribution in [2.24, 2.45) is 0 Å². The van der Waals surface area contributed by atoms with Gasteiger partial charge in [-0.2, -0.15) is 11.8 Å². The van der Waals surface area contributed by atoms with Gasteiger partial charge in [0, 0.05) is 18.0 Å². The van der Waals surface area contributed by atoms with Gasteiger partial charge in [-0.05, 0) is 17.7 Å². The fraction of sp³-hybridized carbons (Fsp3) is 0.412. The molecule has 0 aromatic heterocycles. The lowest BCUT2D eigenvalue weighted by Crippen LogP contribution is -2.33. The number of hydrogen-bond acceptors (Lipinski definition) is 3. The Bertz CT molecular complexity index is 536. The summed E-state index contributed by atoms with van der Waals surface area (Å²) in [6, 6.07) is 15.1. The van der Waals surface area contributed by atoms with E-state index in [1.54, 1.807) is 0 Å². The zero-order valence-corrected chi connectivity index (χ0v) is 13.2. The van der Waals surface area contributed by atoms with Crippen LogP contribution in [-0.2, 0) is 0 Å². The number of benzene rings is 2. The molecule has 2 nitrogen and oxygen atoms in total. The average molecular weight is 289 g/mol. The van der Waals surface area contributed by atoms with Crippen LogP contribution in [0.2, 0.25) is 0 Å². The molecule has 3 heteroatoms. The predicted molar refractivity (Wildman–Crippen MR) is 89.9 cm³/mol. The van der Waals surface area contributed by atoms with Crippen LogP contribution in [0.5, 0.6) is 5.75 Å². The van der Waals surface area contributed by atoms with Crippen molar-refractivity contribution in [3.63, 3.8) is 0 Å². The van der Waals surface area contributed by atoms with E-state index in [2.05, 4.69) is 67.9 Å². The highest BCUT2D eigenvalue weighted by atomic mass is 32.2. The van der Waals surface area contributed by atoms with E-state index in [1.165, 1.54) is 10.8 Å². The maximum Gasteiger partial charge on any atom is 0.127 e. The van der Waals surface area contributed by atoms with E-state index in [9.17, 15) is 0 Å². The molecule has 0 radical (unpaired) electrons. The lowest BCUT2D eigenvalue weighted by molar-refractivity contribution is 0.315. The Morgan fingerprint density at radius 3 is 2.60 bits per heavy atom. The molecule has 0 aliphatic rings. The second-order valence-corrected chi connectivity index (χ2v) is 6.35. The van der Waals surface area contributed by atoms with Crippen molar-refractivity contribution < 1.29 is 4.74 Å². The summed E-state index contributed by atoms with van der Waals surface area (Å²) in [5.74, 6) is 0.978. The molecule has 2 rings (SSSR count). The molecule has 0 fully saturated rings. The molecule has 0 saturated carbocycles. The van der Waals surface area contributed by atoms with Crippen molar-refractivity contribution in [1.82, 2.24) is 5.32 Å². The first kappa shape index (κ1) is 15.2. The van der Waals surface area contributed by atoms with Gasteiger partial charge in [-0.25, -0.2) is 0 Å². The molecular weight excluding hydrogens is 266 g/mol. The minimum atomic E-state index is 0.469. The number of thioether (sulfide) groups is 1. The fourth-order valence-electron chi connectivity index (χ4n) is 2.08. The van der Waals surface area contributed by atoms with Crippen LogP contribution in [0.3, 0.4) is 0 Å². The Morgan fingerprint density at radius 2 is 1.85 bits per heavy atom. The lowest BCUT2D eigenvalue weighted by atomic mass is 10.1. The molecule has 0 spiro atoms. The number of ether oxygens (including phenoxy) is 1. The maximum atomic E-state index is 6.04. The fourth-order valence-corrected chi connectivity index (χ4v) is 2.55. The van der Waals surface area contributed by atoms with Gasteiger partial charge >= 0.3 is 0 Å². The van der Waals surface area contributed by atoms with Gasteiger partial charge in [0.1, 0.15) is 12.4 Å². The van der Waals surface area contributed by atoms with Gasteiger partial charge in [0.25, 0.3) is 0 Å². The van der Waals surface area contributed by atoms with Crippen LogP contribution < -0.4 is 10.1 Å². The summed E-state index contributed by atoms with van der Waals surface area (Å²) in [6.07, 6.45) is 2.14. The van der Waals surface area contributed by atoms with Crippen LogP contribution in [0, 0.1) is 0 Å². The molecule has 2 aromatic carbocycles. The smallest absolute Gasteiger partial charge is 0.127 e. The standard InChI is InChI=1S/C17H23NOS/c1-13(2)18-11-15(20-3)12-19-17-10-6-8-14-7-4-5-9-16(14)17/h4-10,13,15,18H,11-12H2,1-3H3. The van der Waals surface area contributed by atoms with Gasteiger partial charge in [-0.1, -0.05) is 50.2 Å². The van der Waals surface area contributed by atoms with Crippen molar-refractivity contribution in [2.45, 2.75) is 25.1 Å². The molecule has 2 aromatic rings. The lowest BCUT2D eigenvalue weighted by Gasteiger charge is -2.18. The minimum Gasteiger partial charge on any atom is -0.492 e. The largest absolute Gasteiger partial charge is 0.492 e. The molecule has 1 atom stereocenters. The van der Waals surface area contributed by atoms with Gasteiger partial charge < -0.3 is 10.1 Å². The van der Waals surface area contributed by atoms with Gasteiger partial charge in [0.15, 0.2) is 0 Å². The number of fused-ring (bicyclic) bond motifs is 1.